The number of hydrogen-bond donors (Lipinski definition) is 6. The first-order valence-corrected chi connectivity index (χ1v) is 55.5. The van der Waals surface area contributed by atoms with Gasteiger partial charge < -0.3 is 46.0 Å². The Bertz CT molecular complexity index is 5370. The molecule has 0 radical (unpaired) electrons. The number of halogens is 1. The number of rotatable bonds is 56. The van der Waals surface area contributed by atoms with Crippen molar-refractivity contribution >= 4 is 92.0 Å². The number of likely N-dealkylation sites (tertiary alicyclic amines) is 1. The zero-order valence-corrected chi connectivity index (χ0v) is 105. The molecule has 2 heterocycles. The first-order chi connectivity index (χ1) is 71.3. The molecular weight excluding hydrogens is 2220 g/mol. The van der Waals surface area contributed by atoms with Gasteiger partial charge in [-0.25, -0.2) is 36.3 Å². The topological polar surface area (TPSA) is 412 Å². The van der Waals surface area contributed by atoms with E-state index < -0.39 is 56.1 Å². The third-order valence-electron chi connectivity index (χ3n) is 23.9. The molecule has 2 fully saturated rings. The number of carbonyl (C=O) groups excluding carboxylic acids is 6. The van der Waals surface area contributed by atoms with Gasteiger partial charge >= 0.3 is 174 Å². The minimum atomic E-state index is -3.90. The van der Waals surface area contributed by atoms with E-state index in [0.29, 0.717) is 75.7 Å². The third-order valence-corrected chi connectivity index (χ3v) is 27.1. The number of allylic oxidation sites excluding steroid dienone is 3. The molecule has 0 saturated carbocycles. The van der Waals surface area contributed by atoms with Crippen molar-refractivity contribution in [2.24, 2.45) is 11.0 Å². The zero-order valence-electron chi connectivity index (χ0n) is 90.5. The van der Waals surface area contributed by atoms with E-state index in [1.165, 1.54) is 127 Å². The summed E-state index contributed by atoms with van der Waals surface area (Å²) >= 11 is 6.71. The number of carbonyl (C=O) groups is 8. The largest absolute Gasteiger partial charge is 1.00 e. The van der Waals surface area contributed by atoms with Gasteiger partial charge in [-0.05, 0) is 236 Å². The van der Waals surface area contributed by atoms with Crippen molar-refractivity contribution in [1.29, 1.82) is 0 Å². The number of aliphatic carboxylic acids is 2. The monoisotopic (exact) mass is 2380 g/mol. The zero-order chi connectivity index (χ0) is 109. The molecule has 0 aromatic heterocycles. The van der Waals surface area contributed by atoms with Crippen LogP contribution in [0.15, 0.2) is 277 Å². The number of nitrogens with two attached hydrogens (primary N) is 2. The molecule has 812 valence electrons. The van der Waals surface area contributed by atoms with E-state index in [4.69, 9.17) is 61.8 Å². The van der Waals surface area contributed by atoms with Crippen molar-refractivity contribution in [1.82, 2.24) is 14.9 Å². The molecule has 5 atom stereocenters. The van der Waals surface area contributed by atoms with Crippen LogP contribution in [0.5, 0.6) is 0 Å². The SMILES string of the molecule is C=CCC(=O)O.C=CCC(=O)OCc1ccc(C)cc1.C=CCCCCC(CCCCC)c1ccc(SOON)cc1.CCCCCC(CCCC/C=C/CC(=O)OCc1ccc(C)cc1)c1ccc(S(=O)(=O)NC(=O)C2CCCN2)cc1.CCCCCC(CCCC/C=C/CC(=O)OCc1ccc(C)cc1)c1ccc(S(N)(=O)=O)cc1.Cc1ccc(CCl)cc1.O=C(O)[C@@H]1CCCN1C(=O)OCc1ccccc1.O=CO[O-].[Cs+].[Cs+].[H-]. The van der Waals surface area contributed by atoms with Crippen molar-refractivity contribution in [2.75, 3.05) is 13.1 Å². The van der Waals surface area contributed by atoms with Gasteiger partial charge in [0.25, 0.3) is 22.4 Å². The summed E-state index contributed by atoms with van der Waals surface area (Å²) in [7, 11) is -7.56. The molecule has 4 unspecified atom stereocenters. The van der Waals surface area contributed by atoms with E-state index in [2.05, 4.69) is 114 Å². The predicted molar refractivity (Wildman–Crippen MR) is 586 cm³/mol. The molecule has 8 aromatic carbocycles. The van der Waals surface area contributed by atoms with E-state index >= 15 is 0 Å². The van der Waals surface area contributed by atoms with E-state index in [1.807, 2.05) is 185 Å². The molecule has 0 bridgehead atoms. The van der Waals surface area contributed by atoms with Crippen LogP contribution in [0.25, 0.3) is 0 Å². The van der Waals surface area contributed by atoms with Crippen LogP contribution in [0.2, 0.25) is 0 Å². The number of carboxylic acids is 2. The number of aryl methyl sites for hydroxylation is 4. The minimum absolute atomic E-state index is 0. The molecule has 2 aliphatic heterocycles. The van der Waals surface area contributed by atoms with Crippen molar-refractivity contribution in [3.05, 3.63) is 329 Å². The van der Waals surface area contributed by atoms with Crippen LogP contribution < -0.4 is 164 Å². The Morgan fingerprint density at radius 3 is 1.21 bits per heavy atom. The Morgan fingerprint density at radius 2 is 0.860 bits per heavy atom. The van der Waals surface area contributed by atoms with Crippen LogP contribution in [-0.4, -0.2) is 105 Å². The van der Waals surface area contributed by atoms with Gasteiger partial charge in [-0.2, -0.15) is 5.90 Å². The maximum Gasteiger partial charge on any atom is 1.00 e. The molecule has 10 rings (SSSR count). The van der Waals surface area contributed by atoms with Gasteiger partial charge in [-0.1, -0.05) is 326 Å². The van der Waals surface area contributed by atoms with Crippen LogP contribution >= 0.6 is 23.6 Å². The van der Waals surface area contributed by atoms with Crippen molar-refractivity contribution in [2.45, 2.75) is 331 Å². The number of esters is 3. The van der Waals surface area contributed by atoms with Gasteiger partial charge in [0, 0.05) is 17.3 Å². The van der Waals surface area contributed by atoms with Gasteiger partial charge in [0.1, 0.15) is 32.5 Å². The van der Waals surface area contributed by atoms with E-state index in [9.17, 15) is 50.4 Å². The minimum Gasteiger partial charge on any atom is -1.00 e. The Kier molecular flexibility index (Phi) is 82.0. The van der Waals surface area contributed by atoms with E-state index in [-0.39, 0.29) is 199 Å². The Hall–Kier alpha value is -7.58. The molecule has 2 aliphatic rings. The second kappa shape index (κ2) is 87.6. The van der Waals surface area contributed by atoms with Crippen LogP contribution in [-0.2, 0) is 119 Å². The molecule has 0 aliphatic carbocycles. The Labute approximate surface area is 1020 Å². The number of hydrogen-bond acceptors (Lipinski definition) is 23. The van der Waals surface area contributed by atoms with Crippen molar-refractivity contribution in [3.63, 3.8) is 0 Å². The average Bonchev–Trinajstić information content (AvgIpc) is 1.43. The third kappa shape index (κ3) is 66.6. The quantitative estimate of drug-likeness (QED) is 0.00237. The number of nitrogens with zero attached hydrogens (tertiary/aromatic N) is 1. The van der Waals surface area contributed by atoms with Gasteiger partial charge in [0.15, 0.2) is 0 Å². The number of amides is 2. The van der Waals surface area contributed by atoms with Crippen molar-refractivity contribution < 1.29 is 243 Å². The van der Waals surface area contributed by atoms with Gasteiger partial charge in [0.05, 0.1) is 53.6 Å². The average molecular weight is 2390 g/mol. The number of nitrogens with one attached hydrogen (secondary N) is 2. The van der Waals surface area contributed by atoms with Gasteiger partial charge in [-0.15, -0.1) is 40.7 Å². The Morgan fingerprint density at radius 1 is 0.487 bits per heavy atom. The number of unbranched alkanes of at least 4 members (excludes halogenated alkanes) is 12. The fraction of sp³-hybridized carbons (Fsp3) is 0.436. The standard InChI is InChI=1S/C33H46N2O5S.C28H39NO4S.C18H29NO2S.C13H15NO4.C12H14O2.C8H9Cl.C4H6O2.CH2O3.2Cs.H/c1-3-4-8-12-28(13-9-6-5-7-10-15-32(36)40-25-27-18-16-26(2)17-19-27)29-20-22-30(23-21-29)41(38,39)35-33(37)31-14-11-24-34-31;1-3-4-8-11-25(26-18-20-27(21-19-26)34(29,31)32)12-9-6-5-7-10-13-28(30)33-22-24-16-14-23(2)15-17-24;1-3-5-7-9-11-16(10-8-6-4-2)17-12-14-18(15-13-17)22-21-20-19;15-12(16)11-7-4-8-14(11)13(17)18-9-10-5-2-1-3-6-10;1-3-4-12(13)14-9-11-7-5-10(2)6-8-11;1-7-2-4-8(6-9)5-3-7;1-2-3-4(5)6;2-1-4-3;;;/h7,10,16-23,28,31,34H,3-6,8-9,11-15,24-25H2,1-2H3,(H,35,37);7,10,14-21,25H,3-6,8-9,11-13,22H2,1-2H3,(H2,29,31,32);3,12-16H,1,4-11,19H2,2H3;1-3,5-6,11H,4,7-9H2,(H,15,16);3,5-8H,1,4,9H2,2H3;2-5H,6H2,1H3;2H,1,3H2,(H,5,6);1,3H;;;/q;;;;;;;;2*+1;-1/p-1/b2*10-7+;;;;;;;;;/t;;;11-;;;;;;;/m...0......./s1. The Balaban J connectivity index is 0.00000184. The van der Waals surface area contributed by atoms with Gasteiger partial charge in [-0.3, -0.25) is 33.7 Å². The van der Waals surface area contributed by atoms with Gasteiger partial charge in [0.2, 0.25) is 10.0 Å². The smallest absolute Gasteiger partial charge is 1.00 e. The summed E-state index contributed by atoms with van der Waals surface area (Å²) in [4.78, 5) is 97.4. The fourth-order valence-corrected chi connectivity index (χ4v) is 17.6. The molecule has 27 nitrogen and oxygen atoms in total. The molecule has 8 N–H and O–H groups in total. The number of carboxylic acid groups (broad SMARTS) is 2. The summed E-state index contributed by atoms with van der Waals surface area (Å²) in [6.07, 6.45) is 43.2. The second-order valence-electron chi connectivity index (χ2n) is 36.0. The van der Waals surface area contributed by atoms with Crippen LogP contribution in [0.4, 0.5) is 4.79 Å². The molecule has 0 spiro atoms. The van der Waals surface area contributed by atoms with Crippen LogP contribution in [0, 0.1) is 27.7 Å². The number of sulfonamides is 2. The summed E-state index contributed by atoms with van der Waals surface area (Å²) in [6, 6.07) is 62.7. The first-order valence-electron chi connectivity index (χ1n) is 51.2. The number of alkyl halides is 1. The first kappa shape index (κ1) is 140. The number of benzene rings is 8. The van der Waals surface area contributed by atoms with Crippen LogP contribution in [0.3, 0.4) is 0 Å². The summed E-state index contributed by atoms with van der Waals surface area (Å²) in [5.41, 5.74) is 13.6. The molecule has 8 aromatic rings. The maximum atomic E-state index is 12.7. The van der Waals surface area contributed by atoms with E-state index in [0.717, 1.165) is 141 Å². The molecule has 2 saturated heterocycles. The molecular formula is C117H160ClCs2N5O22S3. The summed E-state index contributed by atoms with van der Waals surface area (Å²) in [5, 5.41) is 33.5. The second-order valence-corrected chi connectivity index (χ2v) is 40.3. The molecule has 2 amide bonds. The maximum absolute atomic E-state index is 12.7. The normalized spacial score (nSPS) is 13.2. The van der Waals surface area contributed by atoms with Crippen LogP contribution in [0.1, 0.15) is 312 Å². The number of primary sulfonamides is 1. The summed E-state index contributed by atoms with van der Waals surface area (Å²) < 4.78 is 76.2. The summed E-state index contributed by atoms with van der Waals surface area (Å²) in [6.45, 7) is 27.4. The van der Waals surface area contributed by atoms with Crippen molar-refractivity contribution in [3.8, 4) is 0 Å². The van der Waals surface area contributed by atoms with E-state index in [1.54, 1.807) is 24.3 Å². The summed E-state index contributed by atoms with van der Waals surface area (Å²) in [5.74, 6) is 3.94. The fourth-order valence-electron chi connectivity index (χ4n) is 15.5. The molecule has 33 heteroatoms. The number of ether oxygens (including phenoxy) is 4. The predicted octanol–water partition coefficient (Wildman–Crippen LogP) is 19.4. The molecule has 150 heavy (non-hydrogen) atoms.